The van der Waals surface area contributed by atoms with Gasteiger partial charge in [0, 0.05) is 44.1 Å². The molecule has 4 aromatic heterocycles. The van der Waals surface area contributed by atoms with Crippen LogP contribution in [-0.2, 0) is 22.4 Å². The lowest BCUT2D eigenvalue weighted by Crippen LogP contribution is -2.45. The minimum Gasteiger partial charge on any atom is -0.379 e. The molecule has 2 saturated heterocycles. The Morgan fingerprint density at radius 2 is 1.89 bits per heavy atom. The molecule has 0 aromatic carbocycles. The summed E-state index contributed by atoms with van der Waals surface area (Å²) in [4.78, 5) is 22.9. The van der Waals surface area contributed by atoms with Gasteiger partial charge in [0.25, 0.3) is 0 Å². The lowest BCUT2D eigenvalue weighted by Gasteiger charge is -2.32. The molecular weight excluding hydrogens is 488 g/mol. The first-order chi connectivity index (χ1) is 18.7. The average Bonchev–Trinajstić information content (AvgIpc) is 3.61. The van der Waals surface area contributed by atoms with Crippen LogP contribution in [0.5, 0.6) is 0 Å². The second-order valence-corrected chi connectivity index (χ2v) is 9.34. The van der Waals surface area contributed by atoms with Gasteiger partial charge in [-0.3, -0.25) is 4.90 Å². The molecule has 2 aliphatic rings. The number of aromatic nitrogens is 9. The Kier molecular flexibility index (Phi) is 7.12. The van der Waals surface area contributed by atoms with Crippen molar-refractivity contribution in [1.29, 1.82) is 5.26 Å². The summed E-state index contributed by atoms with van der Waals surface area (Å²) in [6.07, 6.45) is 12.5. The van der Waals surface area contributed by atoms with Gasteiger partial charge in [0.1, 0.15) is 0 Å². The van der Waals surface area contributed by atoms with E-state index < -0.39 is 0 Å². The van der Waals surface area contributed by atoms with Crippen LogP contribution >= 0.6 is 0 Å². The minimum absolute atomic E-state index is 0.141. The molecule has 4 aromatic rings. The molecule has 1 atom stereocenters. The van der Waals surface area contributed by atoms with Gasteiger partial charge in [-0.05, 0) is 24.9 Å². The van der Waals surface area contributed by atoms with Crippen molar-refractivity contribution in [3.8, 4) is 17.5 Å². The lowest BCUT2D eigenvalue weighted by atomic mass is 10.2. The van der Waals surface area contributed by atoms with Crippen LogP contribution in [-0.4, -0.2) is 108 Å². The van der Waals surface area contributed by atoms with E-state index in [9.17, 15) is 0 Å². The first kappa shape index (κ1) is 24.3. The summed E-state index contributed by atoms with van der Waals surface area (Å²) in [5.74, 6) is 0.704. The largest absolute Gasteiger partial charge is 0.379 e. The zero-order valence-corrected chi connectivity index (χ0v) is 20.9. The number of nitriles is 1. The van der Waals surface area contributed by atoms with Crippen LogP contribution in [0.25, 0.3) is 22.6 Å². The minimum atomic E-state index is -0.141. The van der Waals surface area contributed by atoms with E-state index in [-0.39, 0.29) is 6.10 Å². The third-order valence-corrected chi connectivity index (χ3v) is 6.74. The van der Waals surface area contributed by atoms with Crippen molar-refractivity contribution >= 4 is 17.2 Å². The third kappa shape index (κ3) is 5.44. The number of aryl methyl sites for hydroxylation is 1. The smallest absolute Gasteiger partial charge is 0.225 e. The molecule has 14 heteroatoms. The Bertz CT molecular complexity index is 1410. The van der Waals surface area contributed by atoms with Crippen molar-refractivity contribution in [3.63, 3.8) is 0 Å². The van der Waals surface area contributed by atoms with E-state index in [4.69, 9.17) is 14.7 Å². The van der Waals surface area contributed by atoms with Crippen LogP contribution in [0.1, 0.15) is 12.0 Å². The Morgan fingerprint density at radius 3 is 2.71 bits per heavy atom. The highest BCUT2D eigenvalue weighted by Crippen LogP contribution is 2.19. The number of anilines is 1. The summed E-state index contributed by atoms with van der Waals surface area (Å²) in [7, 11) is 0. The molecule has 196 valence electrons. The fourth-order valence-corrected chi connectivity index (χ4v) is 4.70. The maximum atomic E-state index is 9.02. The lowest BCUT2D eigenvalue weighted by molar-refractivity contribution is 0.0272. The predicted octanol–water partition coefficient (Wildman–Crippen LogP) is 0.374. The first-order valence-electron chi connectivity index (χ1n) is 12.7. The zero-order valence-electron chi connectivity index (χ0n) is 20.9. The van der Waals surface area contributed by atoms with E-state index in [1.54, 1.807) is 23.3 Å². The summed E-state index contributed by atoms with van der Waals surface area (Å²) in [5, 5.41) is 21.4. The predicted molar refractivity (Wildman–Crippen MR) is 135 cm³/mol. The van der Waals surface area contributed by atoms with E-state index in [1.807, 2.05) is 18.6 Å². The van der Waals surface area contributed by atoms with E-state index >= 15 is 0 Å². The summed E-state index contributed by atoms with van der Waals surface area (Å²) < 4.78 is 14.3. The number of ether oxygens (including phenoxy) is 2. The normalized spacial score (nSPS) is 18.6. The molecule has 0 spiro atoms. The van der Waals surface area contributed by atoms with Gasteiger partial charge in [0.15, 0.2) is 5.65 Å². The van der Waals surface area contributed by atoms with E-state index in [1.165, 1.54) is 4.68 Å². The fourth-order valence-electron chi connectivity index (χ4n) is 4.70. The van der Waals surface area contributed by atoms with Crippen molar-refractivity contribution in [2.24, 2.45) is 0 Å². The Labute approximate surface area is 218 Å². The van der Waals surface area contributed by atoms with E-state index in [0.29, 0.717) is 48.2 Å². The molecule has 14 nitrogen and oxygen atoms in total. The highest BCUT2D eigenvalue weighted by atomic mass is 16.5. The van der Waals surface area contributed by atoms with Gasteiger partial charge in [0.2, 0.25) is 17.8 Å². The maximum absolute atomic E-state index is 9.02. The molecule has 0 radical (unpaired) electrons. The van der Waals surface area contributed by atoms with Crippen molar-refractivity contribution in [1.82, 2.24) is 49.6 Å². The molecule has 2 aliphatic heterocycles. The van der Waals surface area contributed by atoms with Gasteiger partial charge in [0.05, 0.1) is 56.8 Å². The number of rotatable bonds is 8. The number of hydrogen-bond donors (Lipinski definition) is 0. The van der Waals surface area contributed by atoms with Crippen molar-refractivity contribution in [2.45, 2.75) is 25.5 Å². The second kappa shape index (κ2) is 11.1. The van der Waals surface area contributed by atoms with Crippen molar-refractivity contribution in [3.05, 3.63) is 36.5 Å². The number of nitrogens with zero attached hydrogens (tertiary/aromatic N) is 12. The summed E-state index contributed by atoms with van der Waals surface area (Å²) >= 11 is 0. The fraction of sp³-hybridized carbons (Fsp3) is 0.500. The molecule has 2 fully saturated rings. The van der Waals surface area contributed by atoms with Crippen molar-refractivity contribution in [2.75, 3.05) is 57.4 Å². The van der Waals surface area contributed by atoms with Gasteiger partial charge < -0.3 is 14.4 Å². The molecule has 6 heterocycles. The quantitative estimate of drug-likeness (QED) is 0.318. The summed E-state index contributed by atoms with van der Waals surface area (Å²) in [5.41, 5.74) is 3.42. The van der Waals surface area contributed by atoms with Crippen LogP contribution in [0.3, 0.4) is 0 Å². The van der Waals surface area contributed by atoms with E-state index in [0.717, 1.165) is 57.8 Å². The molecule has 38 heavy (non-hydrogen) atoms. The first-order valence-corrected chi connectivity index (χ1v) is 12.7. The highest BCUT2D eigenvalue weighted by Gasteiger charge is 2.24. The van der Waals surface area contributed by atoms with Gasteiger partial charge in [-0.25, -0.2) is 24.6 Å². The van der Waals surface area contributed by atoms with Crippen LogP contribution in [0.15, 0.2) is 31.0 Å². The molecule has 0 aliphatic carbocycles. The van der Waals surface area contributed by atoms with Crippen LogP contribution in [0.4, 0.5) is 5.95 Å². The maximum Gasteiger partial charge on any atom is 0.225 e. The summed E-state index contributed by atoms with van der Waals surface area (Å²) in [6, 6.07) is 0. The standard InChI is InChI=1S/C24H28N12O2/c25-17-35-14-19(12-29-35)21-13-26-22-23(30-21)36(32-31-22)16-20-15-34(6-9-38-20)24-27-10-18(11-28-24)2-1-3-33-4-7-37-8-5-33/h10-14,20H,1-9,15-16H2/t20-/m0/s1. The summed E-state index contributed by atoms with van der Waals surface area (Å²) in [6.45, 7) is 7.12. The molecular formula is C24H28N12O2. The monoisotopic (exact) mass is 516 g/mol. The van der Waals surface area contributed by atoms with Gasteiger partial charge in [-0.15, -0.1) is 5.10 Å². The van der Waals surface area contributed by atoms with Crippen LogP contribution < -0.4 is 4.90 Å². The Hall–Kier alpha value is -4.06. The average molecular weight is 517 g/mol. The molecule has 0 amide bonds. The Morgan fingerprint density at radius 1 is 1.03 bits per heavy atom. The molecule has 6 rings (SSSR count). The molecule has 0 N–H and O–H groups in total. The second-order valence-electron chi connectivity index (χ2n) is 9.34. The SMILES string of the molecule is N#Cn1cc(-c2cnc3nnn(C[C@@H]4CN(c5ncc(CCCN6CCOCC6)cn5)CCO4)c3n2)cn1. The van der Waals surface area contributed by atoms with E-state index in [2.05, 4.69) is 45.1 Å². The Balaban J connectivity index is 1.07. The van der Waals surface area contributed by atoms with Gasteiger partial charge >= 0.3 is 0 Å². The van der Waals surface area contributed by atoms with Gasteiger partial charge in [-0.1, -0.05) is 5.21 Å². The number of morpholine rings is 2. The number of fused-ring (bicyclic) bond motifs is 1. The third-order valence-electron chi connectivity index (χ3n) is 6.74. The van der Waals surface area contributed by atoms with Gasteiger partial charge in [-0.2, -0.15) is 15.0 Å². The van der Waals surface area contributed by atoms with Crippen LogP contribution in [0.2, 0.25) is 0 Å². The molecule has 0 bridgehead atoms. The van der Waals surface area contributed by atoms with Crippen LogP contribution in [0, 0.1) is 11.5 Å². The highest BCUT2D eigenvalue weighted by molar-refractivity contribution is 5.69. The van der Waals surface area contributed by atoms with Crippen molar-refractivity contribution < 1.29 is 9.47 Å². The molecule has 0 saturated carbocycles. The topological polar surface area (TPSA) is 149 Å². The molecule has 0 unspecified atom stereocenters. The number of hydrogen-bond acceptors (Lipinski definition) is 12. The zero-order chi connectivity index (χ0) is 25.7.